The Balaban J connectivity index is 0.0000109. The fraction of sp³-hybridized carbons (Fsp3) is 0.560. The molecule has 1 aromatic rings. The number of Topliss-reactive ketones (excluding diaryl/α,β-unsaturated/α-hetero) is 1. The van der Waals surface area contributed by atoms with Crippen LogP contribution >= 0.6 is 12.4 Å². The number of halogens is 1. The van der Waals surface area contributed by atoms with Crippen LogP contribution in [0.5, 0.6) is 0 Å². The lowest BCUT2D eigenvalue weighted by Gasteiger charge is -2.42. The van der Waals surface area contributed by atoms with E-state index in [1.54, 1.807) is 24.6 Å². The van der Waals surface area contributed by atoms with Gasteiger partial charge in [-0.25, -0.2) is 11.3 Å². The quantitative estimate of drug-likeness (QED) is 0.122. The number of hydrazine groups is 1. The van der Waals surface area contributed by atoms with E-state index in [0.29, 0.717) is 6.42 Å². The summed E-state index contributed by atoms with van der Waals surface area (Å²) in [5.74, 6) is 1.55. The summed E-state index contributed by atoms with van der Waals surface area (Å²) in [7, 11) is 0. The van der Waals surface area contributed by atoms with E-state index >= 15 is 0 Å². The second-order valence-corrected chi connectivity index (χ2v) is 9.46. The minimum atomic E-state index is -1.45. The minimum absolute atomic E-state index is 0. The topological polar surface area (TPSA) is 148 Å². The number of hydrogen-bond donors (Lipinski definition) is 5. The number of carbonyl (C=O) groups is 3. The molecule has 0 spiro atoms. The van der Waals surface area contributed by atoms with Gasteiger partial charge in [0.1, 0.15) is 0 Å². The van der Waals surface area contributed by atoms with Gasteiger partial charge >= 0.3 is 0 Å². The zero-order chi connectivity index (χ0) is 25.2. The summed E-state index contributed by atoms with van der Waals surface area (Å²) in [6.45, 7) is 9.49. The molecular weight excluding hydrogens is 456 g/mol. The van der Waals surface area contributed by atoms with Crippen LogP contribution in [0, 0.1) is 29.1 Å². The normalized spacial score (nSPS) is 15.8. The van der Waals surface area contributed by atoms with Crippen LogP contribution in [0.4, 0.5) is 0 Å². The highest BCUT2D eigenvalue weighted by Gasteiger charge is 2.53. The Kier molecular flexibility index (Phi) is 13.9. The number of benzene rings is 1. The van der Waals surface area contributed by atoms with Crippen LogP contribution in [0.15, 0.2) is 36.4 Å². The molecule has 34 heavy (non-hydrogen) atoms. The summed E-state index contributed by atoms with van der Waals surface area (Å²) in [5.41, 5.74) is 9.46. The Bertz CT molecular complexity index is 816. The first kappa shape index (κ1) is 31.7. The first-order valence-corrected chi connectivity index (χ1v) is 11.5. The van der Waals surface area contributed by atoms with Gasteiger partial charge in [0, 0.05) is 0 Å². The van der Waals surface area contributed by atoms with Gasteiger partial charge < -0.3 is 5.73 Å². The van der Waals surface area contributed by atoms with Crippen molar-refractivity contribution in [1.82, 2.24) is 10.9 Å². The van der Waals surface area contributed by atoms with Crippen molar-refractivity contribution in [3.05, 3.63) is 42.0 Å². The van der Waals surface area contributed by atoms with Gasteiger partial charge in [0.25, 0.3) is 0 Å². The Morgan fingerprint density at radius 1 is 1.06 bits per heavy atom. The van der Waals surface area contributed by atoms with Crippen molar-refractivity contribution < 1.29 is 19.6 Å². The number of carbonyl (C=O) groups excluding carboxylic acids is 3. The van der Waals surface area contributed by atoms with Crippen molar-refractivity contribution in [2.24, 2.45) is 40.7 Å². The third-order valence-corrected chi connectivity index (χ3v) is 5.91. The lowest BCUT2D eigenvalue weighted by atomic mass is 9.60. The Labute approximate surface area is 209 Å². The molecule has 0 heterocycles. The monoisotopic (exact) mass is 496 g/mol. The van der Waals surface area contributed by atoms with Gasteiger partial charge in [0.05, 0.1) is 23.3 Å². The zero-order valence-electron chi connectivity index (χ0n) is 20.8. The molecule has 0 saturated heterocycles. The van der Waals surface area contributed by atoms with Crippen LogP contribution in [-0.2, 0) is 14.4 Å². The summed E-state index contributed by atoms with van der Waals surface area (Å²) in [6, 6.07) is 8.51. The number of amides is 2. The smallest absolute Gasteiger partial charge is 0.248 e. The number of hydroxylamine groups is 1. The lowest BCUT2D eigenvalue weighted by molar-refractivity contribution is -0.151. The van der Waals surface area contributed by atoms with Crippen LogP contribution in [0.1, 0.15) is 59.4 Å². The Morgan fingerprint density at radius 2 is 1.65 bits per heavy atom. The summed E-state index contributed by atoms with van der Waals surface area (Å²) in [5, 5.41) is 9.67. The van der Waals surface area contributed by atoms with E-state index in [1.807, 2.05) is 58.0 Å². The second-order valence-electron chi connectivity index (χ2n) is 9.46. The molecule has 0 aliphatic heterocycles. The third kappa shape index (κ3) is 8.20. The molecule has 0 aliphatic carbocycles. The standard InChI is InChI=1S/C25H40N4O4.ClH/c1-6-20(26)22(30)25(15-17(4)5,13-12-18-10-8-7-9-11-18)21(24(32)29-33)19(14-16(2)3)23(31)28-27;/h7-13,16-17,19-21,33H,6,14-15,26-27H2,1-5H3,(H,28,31)(H,29,32);1H/b13-12+;/t19-,20?,21-,25?;/m1./s1. The van der Waals surface area contributed by atoms with E-state index in [9.17, 15) is 19.6 Å². The number of hydrogen-bond acceptors (Lipinski definition) is 6. The van der Waals surface area contributed by atoms with Gasteiger partial charge in [-0.15, -0.1) is 12.4 Å². The van der Waals surface area contributed by atoms with E-state index in [0.717, 1.165) is 5.56 Å². The van der Waals surface area contributed by atoms with Crippen LogP contribution in [0.25, 0.3) is 6.08 Å². The van der Waals surface area contributed by atoms with Gasteiger partial charge in [-0.3, -0.25) is 25.0 Å². The van der Waals surface area contributed by atoms with E-state index in [1.165, 1.54) is 0 Å². The molecule has 8 nitrogen and oxygen atoms in total. The molecule has 2 unspecified atom stereocenters. The number of ketones is 1. The molecular formula is C25H41ClN4O4. The second kappa shape index (κ2) is 14.9. The lowest BCUT2D eigenvalue weighted by Crippen LogP contribution is -2.56. The van der Waals surface area contributed by atoms with Gasteiger partial charge in [0.15, 0.2) is 5.78 Å². The first-order chi connectivity index (χ1) is 15.5. The molecule has 1 aromatic carbocycles. The van der Waals surface area contributed by atoms with Crippen molar-refractivity contribution in [2.75, 3.05) is 0 Å². The summed E-state index contributed by atoms with van der Waals surface area (Å²) in [6.07, 6.45) is 4.37. The fourth-order valence-electron chi connectivity index (χ4n) is 4.50. The van der Waals surface area contributed by atoms with Crippen molar-refractivity contribution in [2.45, 2.75) is 59.9 Å². The molecule has 0 fully saturated rings. The van der Waals surface area contributed by atoms with E-state index in [4.69, 9.17) is 11.6 Å². The van der Waals surface area contributed by atoms with E-state index in [2.05, 4.69) is 5.43 Å². The molecule has 0 radical (unpaired) electrons. The number of nitrogens with one attached hydrogen (secondary N) is 2. The highest BCUT2D eigenvalue weighted by atomic mass is 35.5. The summed E-state index contributed by atoms with van der Waals surface area (Å²) in [4.78, 5) is 40.0. The van der Waals surface area contributed by atoms with Crippen LogP contribution < -0.4 is 22.5 Å². The highest BCUT2D eigenvalue weighted by molar-refractivity contribution is 5.99. The molecule has 7 N–H and O–H groups in total. The van der Waals surface area contributed by atoms with Crippen molar-refractivity contribution in [3.8, 4) is 0 Å². The highest BCUT2D eigenvalue weighted by Crippen LogP contribution is 2.45. The number of rotatable bonds is 13. The average Bonchev–Trinajstić information content (AvgIpc) is 2.80. The molecule has 4 atom stereocenters. The van der Waals surface area contributed by atoms with Crippen LogP contribution in [0.2, 0.25) is 0 Å². The summed E-state index contributed by atoms with van der Waals surface area (Å²) >= 11 is 0. The van der Waals surface area contributed by atoms with Crippen LogP contribution in [-0.4, -0.2) is 28.8 Å². The molecule has 0 aromatic heterocycles. The summed E-state index contributed by atoms with van der Waals surface area (Å²) < 4.78 is 0. The first-order valence-electron chi connectivity index (χ1n) is 11.5. The van der Waals surface area contributed by atoms with Crippen molar-refractivity contribution >= 4 is 36.1 Å². The molecule has 1 rings (SSSR count). The largest absolute Gasteiger partial charge is 0.321 e. The molecule has 0 aliphatic rings. The SMILES string of the molecule is CCC(N)C(=O)C(/C=C/c1ccccc1)(CC(C)C)[C@@H](C(=O)NO)[C@@H](CC(C)C)C(=O)NN.Cl. The Hall–Kier alpha value is -2.26. The molecule has 9 heteroatoms. The van der Waals surface area contributed by atoms with Crippen molar-refractivity contribution in [1.29, 1.82) is 0 Å². The van der Waals surface area contributed by atoms with Gasteiger partial charge in [-0.05, 0) is 36.7 Å². The number of allylic oxidation sites excluding steroid dienone is 1. The molecule has 0 bridgehead atoms. The predicted molar refractivity (Wildman–Crippen MR) is 137 cm³/mol. The van der Waals surface area contributed by atoms with Gasteiger partial charge in [-0.1, -0.05) is 77.1 Å². The molecule has 192 valence electrons. The predicted octanol–water partition coefficient (Wildman–Crippen LogP) is 3.23. The minimum Gasteiger partial charge on any atom is -0.321 e. The average molecular weight is 497 g/mol. The fourth-order valence-corrected chi connectivity index (χ4v) is 4.50. The van der Waals surface area contributed by atoms with E-state index < -0.39 is 35.1 Å². The maximum Gasteiger partial charge on any atom is 0.248 e. The number of nitrogens with two attached hydrogens (primary N) is 2. The Morgan fingerprint density at radius 3 is 2.09 bits per heavy atom. The van der Waals surface area contributed by atoms with Gasteiger partial charge in [-0.2, -0.15) is 0 Å². The van der Waals surface area contributed by atoms with E-state index in [-0.39, 0.29) is 42.9 Å². The van der Waals surface area contributed by atoms with Crippen molar-refractivity contribution in [3.63, 3.8) is 0 Å². The van der Waals surface area contributed by atoms with Crippen LogP contribution in [0.3, 0.4) is 0 Å². The molecule has 2 amide bonds. The van der Waals surface area contributed by atoms with Gasteiger partial charge in [0.2, 0.25) is 11.8 Å². The maximum atomic E-state index is 13.9. The molecule has 0 saturated carbocycles. The zero-order valence-corrected chi connectivity index (χ0v) is 21.6. The maximum absolute atomic E-state index is 13.9. The third-order valence-electron chi connectivity index (χ3n) is 5.91.